The number of amides is 1. The molecule has 2 unspecified atom stereocenters. The summed E-state index contributed by atoms with van der Waals surface area (Å²) in [5, 5.41) is 14.3. The molecule has 4 rings (SSSR count). The van der Waals surface area contributed by atoms with Crippen LogP contribution in [0.4, 0.5) is 27.9 Å². The molecule has 0 spiro atoms. The first-order valence-electron chi connectivity index (χ1n) is 9.34. The number of rotatable bonds is 3. The summed E-state index contributed by atoms with van der Waals surface area (Å²) in [6.07, 6.45) is -3.23. The van der Waals surface area contributed by atoms with Crippen molar-refractivity contribution in [2.75, 3.05) is 5.32 Å². The van der Waals surface area contributed by atoms with Gasteiger partial charge in [0.05, 0.1) is 11.0 Å². The van der Waals surface area contributed by atoms with Crippen LogP contribution in [0.15, 0.2) is 12.1 Å². The van der Waals surface area contributed by atoms with E-state index in [0.29, 0.717) is 16.7 Å². The number of aliphatic hydroxyl groups is 1. The number of nitrogens with one attached hydrogen (secondary N) is 2. The highest BCUT2D eigenvalue weighted by molar-refractivity contribution is 5.82. The van der Waals surface area contributed by atoms with Gasteiger partial charge >= 0.3 is 6.18 Å². The largest absolute Gasteiger partial charge is 0.435 e. The maximum atomic E-state index is 14.2. The molecule has 2 heterocycles. The number of alkyl halides is 3. The number of nitrogens with zero attached hydrogens (tertiary/aromatic N) is 2. The second kappa shape index (κ2) is 6.82. The zero-order valence-corrected chi connectivity index (χ0v) is 15.2. The van der Waals surface area contributed by atoms with E-state index < -0.39 is 47.1 Å². The molecule has 2 atom stereocenters. The number of halogens is 5. The van der Waals surface area contributed by atoms with E-state index in [4.69, 9.17) is 0 Å². The molecular formula is C18H19F5N4O2. The molecule has 1 fully saturated rings. The Morgan fingerprint density at radius 1 is 1.24 bits per heavy atom. The zero-order chi connectivity index (χ0) is 21.0. The first-order chi connectivity index (χ1) is 13.6. The highest BCUT2D eigenvalue weighted by Crippen LogP contribution is 2.46. The molecule has 0 bridgehead atoms. The van der Waals surface area contributed by atoms with Crippen molar-refractivity contribution < 1.29 is 31.9 Å². The maximum absolute atomic E-state index is 14.2. The van der Waals surface area contributed by atoms with Crippen LogP contribution in [0.25, 0.3) is 11.0 Å². The van der Waals surface area contributed by atoms with Crippen LogP contribution < -0.4 is 10.6 Å². The Hall–Kier alpha value is -2.43. The highest BCUT2D eigenvalue weighted by Gasteiger charge is 2.67. The van der Waals surface area contributed by atoms with Crippen molar-refractivity contribution in [3.63, 3.8) is 0 Å². The Bertz CT molecular complexity index is 954. The van der Waals surface area contributed by atoms with Crippen molar-refractivity contribution in [3.05, 3.63) is 23.8 Å². The SMILES string of the molecule is O=C(CC1CCCCC1)NC1(C(F)(F)F)C(O)Nc2nc3cc(F)c(F)cc3n21. The van der Waals surface area contributed by atoms with E-state index >= 15 is 0 Å². The van der Waals surface area contributed by atoms with E-state index in [1.165, 1.54) is 0 Å². The minimum Gasteiger partial charge on any atom is -0.369 e. The lowest BCUT2D eigenvalue weighted by Gasteiger charge is -2.36. The van der Waals surface area contributed by atoms with Gasteiger partial charge in [-0.1, -0.05) is 19.3 Å². The number of carbonyl (C=O) groups excluding carboxylic acids is 1. The first-order valence-corrected chi connectivity index (χ1v) is 9.34. The van der Waals surface area contributed by atoms with Gasteiger partial charge in [-0.3, -0.25) is 9.36 Å². The van der Waals surface area contributed by atoms with Crippen molar-refractivity contribution in [3.8, 4) is 0 Å². The van der Waals surface area contributed by atoms with Gasteiger partial charge in [-0.25, -0.2) is 13.8 Å². The van der Waals surface area contributed by atoms with Gasteiger partial charge in [0, 0.05) is 18.6 Å². The summed E-state index contributed by atoms with van der Waals surface area (Å²) in [5.41, 5.74) is -3.95. The predicted octanol–water partition coefficient (Wildman–Crippen LogP) is 3.36. The topological polar surface area (TPSA) is 79.2 Å². The van der Waals surface area contributed by atoms with Crippen LogP contribution in [0.1, 0.15) is 38.5 Å². The lowest BCUT2D eigenvalue weighted by Crippen LogP contribution is -2.65. The lowest BCUT2D eigenvalue weighted by molar-refractivity contribution is -0.245. The molecule has 1 aliphatic carbocycles. The third kappa shape index (κ3) is 3.11. The molecular weight excluding hydrogens is 399 g/mol. The Labute approximate surface area is 162 Å². The third-order valence-electron chi connectivity index (χ3n) is 5.67. The fourth-order valence-electron chi connectivity index (χ4n) is 4.27. The van der Waals surface area contributed by atoms with Gasteiger partial charge in [-0.05, 0) is 18.8 Å². The number of benzene rings is 1. The van der Waals surface area contributed by atoms with Crippen LogP contribution in [0.3, 0.4) is 0 Å². The Kier molecular flexibility index (Phi) is 4.67. The number of carbonyl (C=O) groups is 1. The van der Waals surface area contributed by atoms with E-state index in [9.17, 15) is 31.9 Å². The molecule has 1 aromatic carbocycles. The first kappa shape index (κ1) is 19.9. The average molecular weight is 418 g/mol. The lowest BCUT2D eigenvalue weighted by atomic mass is 9.86. The molecule has 6 nitrogen and oxygen atoms in total. The van der Waals surface area contributed by atoms with E-state index in [-0.39, 0.29) is 17.9 Å². The number of aromatic nitrogens is 2. The maximum Gasteiger partial charge on any atom is 0.435 e. The molecule has 1 saturated carbocycles. The summed E-state index contributed by atoms with van der Waals surface area (Å²) >= 11 is 0. The molecule has 1 aromatic heterocycles. The summed E-state index contributed by atoms with van der Waals surface area (Å²) in [6.45, 7) is 0. The van der Waals surface area contributed by atoms with E-state index in [1.54, 1.807) is 0 Å². The molecule has 158 valence electrons. The van der Waals surface area contributed by atoms with Gasteiger partial charge in [0.15, 0.2) is 17.9 Å². The highest BCUT2D eigenvalue weighted by atomic mass is 19.4. The van der Waals surface area contributed by atoms with Gasteiger partial charge in [0.1, 0.15) is 0 Å². The van der Waals surface area contributed by atoms with Crippen molar-refractivity contribution in [2.45, 2.75) is 56.6 Å². The Morgan fingerprint density at radius 2 is 1.90 bits per heavy atom. The van der Waals surface area contributed by atoms with Crippen LogP contribution in [-0.2, 0) is 10.5 Å². The van der Waals surface area contributed by atoms with Crippen molar-refractivity contribution in [1.29, 1.82) is 0 Å². The molecule has 2 aromatic rings. The molecule has 0 saturated heterocycles. The number of anilines is 1. The fraction of sp³-hybridized carbons (Fsp3) is 0.556. The van der Waals surface area contributed by atoms with Crippen molar-refractivity contribution in [2.24, 2.45) is 5.92 Å². The number of aliphatic hydroxyl groups excluding tert-OH is 1. The summed E-state index contributed by atoms with van der Waals surface area (Å²) in [7, 11) is 0. The second-order valence-electron chi connectivity index (χ2n) is 7.59. The second-order valence-corrected chi connectivity index (χ2v) is 7.59. The summed E-state index contributed by atoms with van der Waals surface area (Å²) in [4.78, 5) is 16.3. The van der Waals surface area contributed by atoms with Crippen molar-refractivity contribution in [1.82, 2.24) is 14.9 Å². The molecule has 2 aliphatic rings. The number of hydrogen-bond donors (Lipinski definition) is 3. The van der Waals surface area contributed by atoms with Gasteiger partial charge in [-0.2, -0.15) is 13.2 Å². The molecule has 29 heavy (non-hydrogen) atoms. The molecule has 1 aliphatic heterocycles. The Balaban J connectivity index is 1.77. The minimum atomic E-state index is -5.16. The smallest absolute Gasteiger partial charge is 0.369 e. The quantitative estimate of drug-likeness (QED) is 0.668. The normalized spacial score (nSPS) is 25.1. The van der Waals surface area contributed by atoms with E-state index in [1.807, 2.05) is 5.32 Å². The van der Waals surface area contributed by atoms with Gasteiger partial charge in [0.2, 0.25) is 11.9 Å². The monoisotopic (exact) mass is 418 g/mol. The Morgan fingerprint density at radius 3 is 2.55 bits per heavy atom. The van der Waals surface area contributed by atoms with Gasteiger partial charge in [-0.15, -0.1) is 0 Å². The van der Waals surface area contributed by atoms with Crippen LogP contribution in [-0.4, -0.2) is 33.0 Å². The standard InChI is InChI=1S/C18H19F5N4O2/c19-10-7-12-13(8-11(10)20)27-16(24-12)25-15(29)17(27,18(21,22)23)26-14(28)6-9-4-2-1-3-5-9/h7-9,15,29H,1-6H2,(H,24,25)(H,26,28). The number of imidazole rings is 1. The van der Waals surface area contributed by atoms with Crippen LogP contribution in [0.2, 0.25) is 0 Å². The van der Waals surface area contributed by atoms with Gasteiger partial charge < -0.3 is 15.7 Å². The summed E-state index contributed by atoms with van der Waals surface area (Å²) in [5.74, 6) is -4.01. The van der Waals surface area contributed by atoms with E-state index in [0.717, 1.165) is 32.1 Å². The number of hydrogen-bond acceptors (Lipinski definition) is 4. The number of fused-ring (bicyclic) bond motifs is 3. The molecule has 0 radical (unpaired) electrons. The molecule has 3 N–H and O–H groups in total. The fourth-order valence-corrected chi connectivity index (χ4v) is 4.27. The van der Waals surface area contributed by atoms with Gasteiger partial charge in [0.25, 0.3) is 5.66 Å². The average Bonchev–Trinajstić information content (AvgIpc) is 3.10. The third-order valence-corrected chi connectivity index (χ3v) is 5.67. The summed E-state index contributed by atoms with van der Waals surface area (Å²) in [6, 6.07) is 1.23. The van der Waals surface area contributed by atoms with Crippen LogP contribution in [0, 0.1) is 17.6 Å². The van der Waals surface area contributed by atoms with Crippen LogP contribution >= 0.6 is 0 Å². The predicted molar refractivity (Wildman–Crippen MR) is 92.6 cm³/mol. The summed E-state index contributed by atoms with van der Waals surface area (Å²) < 4.78 is 70.4. The molecule has 11 heteroatoms. The van der Waals surface area contributed by atoms with Crippen molar-refractivity contribution >= 4 is 22.9 Å². The zero-order valence-electron chi connectivity index (χ0n) is 15.2. The van der Waals surface area contributed by atoms with E-state index in [2.05, 4.69) is 10.3 Å². The molecule has 1 amide bonds. The van der Waals surface area contributed by atoms with Crippen LogP contribution in [0.5, 0.6) is 0 Å². The minimum absolute atomic E-state index is 0.0360.